The monoisotopic (exact) mass is 200 g/mol. The van der Waals surface area contributed by atoms with Crippen LogP contribution < -0.4 is 0 Å². The van der Waals surface area contributed by atoms with Gasteiger partial charge in [-0.1, -0.05) is 25.7 Å². The van der Waals surface area contributed by atoms with E-state index >= 15 is 0 Å². The number of hydrogen-bond donors (Lipinski definition) is 0. The molecule has 0 heterocycles. The molecule has 2 nitrogen and oxygen atoms in total. The number of hydrogen-bond acceptors (Lipinski definition) is 2. The summed E-state index contributed by atoms with van der Waals surface area (Å²) in [5.41, 5.74) is 0.690. The third-order valence-corrected chi connectivity index (χ3v) is 3.54. The second kappa shape index (κ2) is 5.22. The largest absolute Gasteiger partial charge is 0.463 e. The molecule has 0 aromatic carbocycles. The molecule has 0 saturated carbocycles. The van der Waals surface area contributed by atoms with Gasteiger partial charge in [-0.25, -0.2) is 4.79 Å². The number of carbonyl (C=O) groups is 1. The standard InChI is InChI=1S/C10H20O2Si/c1-6-9(2)10(11)12-7-8-13(3,4)5/h6H,7-8H2,1-5H3. The molecule has 0 aromatic rings. The van der Waals surface area contributed by atoms with Gasteiger partial charge in [0.2, 0.25) is 0 Å². The molecule has 0 radical (unpaired) electrons. The van der Waals surface area contributed by atoms with Crippen LogP contribution >= 0.6 is 0 Å². The van der Waals surface area contributed by atoms with Crippen molar-refractivity contribution < 1.29 is 9.53 Å². The van der Waals surface area contributed by atoms with E-state index in [-0.39, 0.29) is 5.97 Å². The highest BCUT2D eigenvalue weighted by atomic mass is 28.3. The van der Waals surface area contributed by atoms with Gasteiger partial charge in [0.05, 0.1) is 6.61 Å². The predicted octanol–water partition coefficient (Wildman–Crippen LogP) is 2.83. The SMILES string of the molecule is CC=C(C)C(=O)OCC[Si](C)(C)C. The van der Waals surface area contributed by atoms with Gasteiger partial charge in [-0.05, 0) is 19.9 Å². The van der Waals surface area contributed by atoms with Crippen molar-refractivity contribution in [2.24, 2.45) is 0 Å². The lowest BCUT2D eigenvalue weighted by molar-refractivity contribution is -0.138. The van der Waals surface area contributed by atoms with Crippen molar-refractivity contribution >= 4 is 14.0 Å². The Morgan fingerprint density at radius 3 is 2.31 bits per heavy atom. The molecule has 0 unspecified atom stereocenters. The molecule has 3 heteroatoms. The minimum atomic E-state index is -1.07. The lowest BCUT2D eigenvalue weighted by atomic mass is 10.3. The summed E-state index contributed by atoms with van der Waals surface area (Å²) in [5.74, 6) is -0.180. The molecule has 0 rings (SSSR count). The van der Waals surface area contributed by atoms with Crippen LogP contribution in [0.15, 0.2) is 11.6 Å². The van der Waals surface area contributed by atoms with E-state index in [4.69, 9.17) is 4.74 Å². The van der Waals surface area contributed by atoms with Crippen molar-refractivity contribution in [2.45, 2.75) is 39.5 Å². The quantitative estimate of drug-likeness (QED) is 0.396. The lowest BCUT2D eigenvalue weighted by Gasteiger charge is -2.15. The van der Waals surface area contributed by atoms with Gasteiger partial charge in [0, 0.05) is 13.6 Å². The lowest BCUT2D eigenvalue weighted by Crippen LogP contribution is -2.22. The Hall–Kier alpha value is -0.573. The fraction of sp³-hybridized carbons (Fsp3) is 0.700. The third kappa shape index (κ3) is 6.58. The van der Waals surface area contributed by atoms with Crippen molar-refractivity contribution in [2.75, 3.05) is 6.61 Å². The molecule has 0 aliphatic carbocycles. The van der Waals surface area contributed by atoms with E-state index in [1.54, 1.807) is 13.0 Å². The molecule has 0 amide bonds. The zero-order valence-corrected chi connectivity index (χ0v) is 10.3. The van der Waals surface area contributed by atoms with Crippen LogP contribution in [0.4, 0.5) is 0 Å². The van der Waals surface area contributed by atoms with Crippen LogP contribution in [-0.4, -0.2) is 20.7 Å². The van der Waals surface area contributed by atoms with Gasteiger partial charge in [-0.2, -0.15) is 0 Å². The van der Waals surface area contributed by atoms with E-state index in [0.29, 0.717) is 12.2 Å². The molecule has 0 aromatic heterocycles. The van der Waals surface area contributed by atoms with Gasteiger partial charge in [0.15, 0.2) is 0 Å². The van der Waals surface area contributed by atoms with Crippen molar-refractivity contribution in [1.82, 2.24) is 0 Å². The molecule has 0 spiro atoms. The first-order valence-corrected chi connectivity index (χ1v) is 8.37. The summed E-state index contributed by atoms with van der Waals surface area (Å²) in [6.07, 6.45) is 1.77. The molecule has 0 aliphatic heterocycles. The van der Waals surface area contributed by atoms with E-state index in [9.17, 15) is 4.79 Å². The first kappa shape index (κ1) is 12.4. The maximum absolute atomic E-state index is 11.2. The van der Waals surface area contributed by atoms with Crippen LogP contribution in [-0.2, 0) is 9.53 Å². The van der Waals surface area contributed by atoms with Crippen molar-refractivity contribution in [3.05, 3.63) is 11.6 Å². The molecule has 0 bridgehead atoms. The molecule has 0 aliphatic rings. The molecule has 0 fully saturated rings. The van der Waals surface area contributed by atoms with Crippen LogP contribution in [0, 0.1) is 0 Å². The van der Waals surface area contributed by atoms with Gasteiger partial charge in [-0.15, -0.1) is 0 Å². The number of rotatable bonds is 4. The summed E-state index contributed by atoms with van der Waals surface area (Å²) < 4.78 is 5.10. The van der Waals surface area contributed by atoms with E-state index in [1.165, 1.54) is 0 Å². The Morgan fingerprint density at radius 1 is 1.38 bits per heavy atom. The molecule has 76 valence electrons. The summed E-state index contributed by atoms with van der Waals surface area (Å²) in [4.78, 5) is 11.2. The van der Waals surface area contributed by atoms with Crippen LogP contribution in [0.1, 0.15) is 13.8 Å². The normalized spacial score (nSPS) is 12.8. The molecule has 0 saturated heterocycles. The van der Waals surface area contributed by atoms with E-state index in [1.807, 2.05) is 6.92 Å². The predicted molar refractivity (Wildman–Crippen MR) is 58.5 cm³/mol. The zero-order chi connectivity index (χ0) is 10.5. The maximum Gasteiger partial charge on any atom is 0.333 e. The van der Waals surface area contributed by atoms with E-state index < -0.39 is 8.07 Å². The average molecular weight is 200 g/mol. The number of allylic oxidation sites excluding steroid dienone is 1. The Kier molecular flexibility index (Phi) is 4.99. The highest BCUT2D eigenvalue weighted by molar-refractivity contribution is 6.76. The summed E-state index contributed by atoms with van der Waals surface area (Å²) in [6, 6.07) is 1.04. The van der Waals surface area contributed by atoms with Crippen molar-refractivity contribution in [3.8, 4) is 0 Å². The molecular formula is C10H20O2Si. The Morgan fingerprint density at radius 2 is 1.92 bits per heavy atom. The summed E-state index contributed by atoms with van der Waals surface area (Å²) in [7, 11) is -1.07. The molecule has 0 atom stereocenters. The maximum atomic E-state index is 11.2. The number of esters is 1. The number of ether oxygens (including phenoxy) is 1. The van der Waals surface area contributed by atoms with E-state index in [2.05, 4.69) is 19.6 Å². The van der Waals surface area contributed by atoms with Gasteiger partial charge < -0.3 is 4.74 Å². The van der Waals surface area contributed by atoms with Gasteiger partial charge in [0.25, 0.3) is 0 Å². The van der Waals surface area contributed by atoms with Crippen LogP contribution in [0.2, 0.25) is 25.7 Å². The Bertz CT molecular complexity index is 201. The van der Waals surface area contributed by atoms with Gasteiger partial charge in [0.1, 0.15) is 0 Å². The smallest absolute Gasteiger partial charge is 0.333 e. The zero-order valence-electron chi connectivity index (χ0n) is 9.31. The minimum absolute atomic E-state index is 0.180. The van der Waals surface area contributed by atoms with Gasteiger partial charge in [-0.3, -0.25) is 0 Å². The fourth-order valence-corrected chi connectivity index (χ4v) is 1.40. The molecular weight excluding hydrogens is 180 g/mol. The van der Waals surface area contributed by atoms with E-state index in [0.717, 1.165) is 6.04 Å². The topological polar surface area (TPSA) is 26.3 Å². The minimum Gasteiger partial charge on any atom is -0.463 e. The van der Waals surface area contributed by atoms with Crippen molar-refractivity contribution in [1.29, 1.82) is 0 Å². The van der Waals surface area contributed by atoms with Crippen molar-refractivity contribution in [3.63, 3.8) is 0 Å². The summed E-state index contributed by atoms with van der Waals surface area (Å²) >= 11 is 0. The summed E-state index contributed by atoms with van der Waals surface area (Å²) in [5, 5.41) is 0. The first-order valence-electron chi connectivity index (χ1n) is 4.67. The second-order valence-corrected chi connectivity index (χ2v) is 10.0. The third-order valence-electron chi connectivity index (χ3n) is 1.84. The van der Waals surface area contributed by atoms with Gasteiger partial charge >= 0.3 is 5.97 Å². The van der Waals surface area contributed by atoms with Crippen LogP contribution in [0.5, 0.6) is 0 Å². The molecule has 13 heavy (non-hydrogen) atoms. The Labute approximate surface area is 82.0 Å². The fourth-order valence-electron chi connectivity index (χ4n) is 0.682. The number of carbonyl (C=O) groups excluding carboxylic acids is 1. The Balaban J connectivity index is 3.73. The second-order valence-electron chi connectivity index (χ2n) is 4.42. The highest BCUT2D eigenvalue weighted by Gasteiger charge is 2.13. The summed E-state index contributed by atoms with van der Waals surface area (Å²) in [6.45, 7) is 11.0. The molecule has 0 N–H and O–H groups in total. The highest BCUT2D eigenvalue weighted by Crippen LogP contribution is 2.08. The average Bonchev–Trinajstić information content (AvgIpc) is 2.00. The van der Waals surface area contributed by atoms with Crippen LogP contribution in [0.25, 0.3) is 0 Å². The first-order chi connectivity index (χ1) is 5.87. The van der Waals surface area contributed by atoms with Crippen LogP contribution in [0.3, 0.4) is 0 Å².